The molecule has 88 valence electrons. The molecule has 6 heteroatoms. The minimum atomic E-state index is -0.157. The minimum absolute atomic E-state index is 0.0485. The van der Waals surface area contributed by atoms with Crippen LogP contribution in [0, 0.1) is 0 Å². The van der Waals surface area contributed by atoms with Crippen LogP contribution < -0.4 is 16.0 Å². The fourth-order valence-corrected chi connectivity index (χ4v) is 2.88. The fraction of sp³-hybridized carbons (Fsp3) is 0.273. The molecule has 5 nitrogen and oxygen atoms in total. The van der Waals surface area contributed by atoms with Crippen molar-refractivity contribution in [2.75, 3.05) is 12.0 Å². The average molecular weight is 248 g/mol. The number of para-hydroxylation sites is 1. The molecule has 2 unspecified atom stereocenters. The summed E-state index contributed by atoms with van der Waals surface area (Å²) < 4.78 is 0. The van der Waals surface area contributed by atoms with E-state index in [4.69, 9.17) is 0 Å². The summed E-state index contributed by atoms with van der Waals surface area (Å²) in [6.07, 6.45) is -0.111. The Labute approximate surface area is 103 Å². The average Bonchev–Trinajstić information content (AvgIpc) is 2.74. The molecule has 0 spiro atoms. The van der Waals surface area contributed by atoms with Gasteiger partial charge in [0.1, 0.15) is 11.4 Å². The van der Waals surface area contributed by atoms with Crippen molar-refractivity contribution in [1.82, 2.24) is 10.6 Å². The van der Waals surface area contributed by atoms with E-state index in [0.29, 0.717) is 6.67 Å². The molecule has 2 aliphatic rings. The molecule has 1 amide bonds. The van der Waals surface area contributed by atoms with Crippen LogP contribution in [-0.2, 0) is 4.79 Å². The smallest absolute Gasteiger partial charge is 0.238 e. The Bertz CT molecular complexity index is 462. The number of amides is 1. The predicted molar refractivity (Wildman–Crippen MR) is 68.8 cm³/mol. The van der Waals surface area contributed by atoms with Crippen LogP contribution in [0.3, 0.4) is 0 Å². The third kappa shape index (κ3) is 2.13. The van der Waals surface area contributed by atoms with Crippen LogP contribution in [0.15, 0.2) is 35.3 Å². The van der Waals surface area contributed by atoms with Gasteiger partial charge in [-0.2, -0.15) is 0 Å². The van der Waals surface area contributed by atoms with Crippen molar-refractivity contribution in [2.24, 2.45) is 4.99 Å². The van der Waals surface area contributed by atoms with Crippen molar-refractivity contribution in [3.05, 3.63) is 30.3 Å². The first kappa shape index (κ1) is 10.6. The molecule has 0 bridgehead atoms. The third-order valence-electron chi connectivity index (χ3n) is 2.64. The van der Waals surface area contributed by atoms with Crippen molar-refractivity contribution >= 4 is 28.5 Å². The lowest BCUT2D eigenvalue weighted by Crippen LogP contribution is -2.54. The highest BCUT2D eigenvalue weighted by atomic mass is 32.2. The summed E-state index contributed by atoms with van der Waals surface area (Å²) in [5, 5.41) is 9.75. The first-order valence-electron chi connectivity index (χ1n) is 5.40. The van der Waals surface area contributed by atoms with Gasteiger partial charge in [0.25, 0.3) is 0 Å². The SMILES string of the molecule is O=C1NCNC2N=C(Nc3ccccc3)SC12. The Kier molecular flexibility index (Phi) is 2.74. The number of thioether (sulfide) groups is 1. The number of fused-ring (bicyclic) bond motifs is 1. The standard InChI is InChI=1S/C11H12N4OS/c16-10-8-9(12-6-13-10)15-11(17-8)14-7-4-2-1-3-5-7/h1-5,8-9,12H,6H2,(H,13,16)(H,14,15). The number of hydrogen-bond acceptors (Lipinski definition) is 5. The van der Waals surface area contributed by atoms with Crippen molar-refractivity contribution in [1.29, 1.82) is 0 Å². The van der Waals surface area contributed by atoms with Gasteiger partial charge in [-0.25, -0.2) is 4.99 Å². The van der Waals surface area contributed by atoms with Crippen LogP contribution in [-0.4, -0.2) is 29.2 Å². The molecule has 1 saturated heterocycles. The Morgan fingerprint density at radius 1 is 1.35 bits per heavy atom. The summed E-state index contributed by atoms with van der Waals surface area (Å²) in [6.45, 7) is 0.489. The van der Waals surface area contributed by atoms with Gasteiger partial charge in [0.15, 0.2) is 5.17 Å². The molecule has 0 aliphatic carbocycles. The summed E-state index contributed by atoms with van der Waals surface area (Å²) in [5.74, 6) is 0.0485. The van der Waals surface area contributed by atoms with E-state index < -0.39 is 0 Å². The van der Waals surface area contributed by atoms with Crippen molar-refractivity contribution in [2.45, 2.75) is 11.4 Å². The summed E-state index contributed by atoms with van der Waals surface area (Å²) in [4.78, 5) is 16.1. The molecule has 2 heterocycles. The van der Waals surface area contributed by atoms with Gasteiger partial charge in [0, 0.05) is 5.69 Å². The van der Waals surface area contributed by atoms with Crippen LogP contribution in [0.25, 0.3) is 0 Å². The number of amidine groups is 1. The zero-order chi connectivity index (χ0) is 11.7. The lowest BCUT2D eigenvalue weighted by Gasteiger charge is -2.23. The Morgan fingerprint density at radius 2 is 2.18 bits per heavy atom. The van der Waals surface area contributed by atoms with Gasteiger partial charge in [0.05, 0.1) is 6.67 Å². The number of aliphatic imine (C=N–C) groups is 1. The lowest BCUT2D eigenvalue weighted by atomic mass is 10.3. The Balaban J connectivity index is 1.72. The summed E-state index contributed by atoms with van der Waals surface area (Å²) in [7, 11) is 0. The molecule has 0 aromatic heterocycles. The van der Waals surface area contributed by atoms with Crippen LogP contribution >= 0.6 is 11.8 Å². The van der Waals surface area contributed by atoms with E-state index >= 15 is 0 Å². The van der Waals surface area contributed by atoms with Gasteiger partial charge in [-0.15, -0.1) is 0 Å². The Hall–Kier alpha value is -1.53. The molecule has 2 aliphatic heterocycles. The third-order valence-corrected chi connectivity index (χ3v) is 3.80. The number of carbonyl (C=O) groups is 1. The lowest BCUT2D eigenvalue weighted by molar-refractivity contribution is -0.122. The van der Waals surface area contributed by atoms with Crippen molar-refractivity contribution < 1.29 is 4.79 Å². The van der Waals surface area contributed by atoms with E-state index in [1.54, 1.807) is 0 Å². The van der Waals surface area contributed by atoms with E-state index in [1.807, 2.05) is 30.3 Å². The molecule has 17 heavy (non-hydrogen) atoms. The van der Waals surface area contributed by atoms with Crippen molar-refractivity contribution in [3.63, 3.8) is 0 Å². The normalized spacial score (nSPS) is 27.1. The molecular formula is C11H12N4OS. The molecule has 1 aromatic carbocycles. The van der Waals surface area contributed by atoms with E-state index in [0.717, 1.165) is 10.9 Å². The van der Waals surface area contributed by atoms with Gasteiger partial charge in [-0.3, -0.25) is 10.1 Å². The largest absolute Gasteiger partial charge is 0.342 e. The quantitative estimate of drug-likeness (QED) is 0.680. The first-order valence-corrected chi connectivity index (χ1v) is 6.28. The maximum Gasteiger partial charge on any atom is 0.238 e. The van der Waals surface area contributed by atoms with Crippen molar-refractivity contribution in [3.8, 4) is 0 Å². The molecule has 2 atom stereocenters. The molecule has 0 saturated carbocycles. The summed E-state index contributed by atoms with van der Waals surface area (Å²) in [5.41, 5.74) is 0.984. The van der Waals surface area contributed by atoms with Gasteiger partial charge in [-0.1, -0.05) is 30.0 Å². The zero-order valence-corrected chi connectivity index (χ0v) is 9.83. The van der Waals surface area contributed by atoms with Crippen LogP contribution in [0.1, 0.15) is 0 Å². The second-order valence-corrected chi connectivity index (χ2v) is 4.96. The number of benzene rings is 1. The number of anilines is 1. The molecule has 0 radical (unpaired) electrons. The second-order valence-electron chi connectivity index (χ2n) is 3.83. The van der Waals surface area contributed by atoms with Gasteiger partial charge < -0.3 is 10.6 Å². The van der Waals surface area contributed by atoms with Crippen LogP contribution in [0.2, 0.25) is 0 Å². The van der Waals surface area contributed by atoms with Gasteiger partial charge in [0.2, 0.25) is 5.91 Å². The second kappa shape index (κ2) is 4.38. The summed E-state index contributed by atoms with van der Waals surface area (Å²) >= 11 is 1.46. The Morgan fingerprint density at radius 3 is 2.94 bits per heavy atom. The summed E-state index contributed by atoms with van der Waals surface area (Å²) in [6, 6.07) is 9.82. The molecular weight excluding hydrogens is 236 g/mol. The highest BCUT2D eigenvalue weighted by molar-refractivity contribution is 8.15. The molecule has 1 aromatic rings. The van der Waals surface area contributed by atoms with Crippen LogP contribution in [0.5, 0.6) is 0 Å². The zero-order valence-electron chi connectivity index (χ0n) is 9.01. The molecule has 3 N–H and O–H groups in total. The fourth-order valence-electron chi connectivity index (χ4n) is 1.81. The first-order chi connectivity index (χ1) is 8.33. The predicted octanol–water partition coefficient (Wildman–Crippen LogP) is 0.573. The monoisotopic (exact) mass is 248 g/mol. The number of hydrogen-bond donors (Lipinski definition) is 3. The van der Waals surface area contributed by atoms with E-state index in [1.165, 1.54) is 11.8 Å². The van der Waals surface area contributed by atoms with Gasteiger partial charge >= 0.3 is 0 Å². The maximum atomic E-state index is 11.6. The number of nitrogens with zero attached hydrogens (tertiary/aromatic N) is 1. The van der Waals surface area contributed by atoms with Crippen LogP contribution in [0.4, 0.5) is 5.69 Å². The highest BCUT2D eigenvalue weighted by Crippen LogP contribution is 2.27. The number of rotatable bonds is 1. The minimum Gasteiger partial charge on any atom is -0.342 e. The topological polar surface area (TPSA) is 65.5 Å². The maximum absolute atomic E-state index is 11.6. The number of nitrogens with one attached hydrogen (secondary N) is 3. The van der Waals surface area contributed by atoms with E-state index in [9.17, 15) is 4.79 Å². The molecule has 3 rings (SSSR count). The van der Waals surface area contributed by atoms with E-state index in [2.05, 4.69) is 20.9 Å². The highest BCUT2D eigenvalue weighted by Gasteiger charge is 2.38. The molecule has 1 fully saturated rings. The van der Waals surface area contributed by atoms with Gasteiger partial charge in [-0.05, 0) is 12.1 Å². The number of carbonyl (C=O) groups excluding carboxylic acids is 1. The van der Waals surface area contributed by atoms with E-state index in [-0.39, 0.29) is 17.3 Å².